The van der Waals surface area contributed by atoms with Gasteiger partial charge in [0.2, 0.25) is 0 Å². The van der Waals surface area contributed by atoms with E-state index in [1.54, 1.807) is 13.2 Å². The molecule has 0 saturated heterocycles. The first-order valence-electron chi connectivity index (χ1n) is 8.25. The van der Waals surface area contributed by atoms with Crippen LogP contribution in [0.15, 0.2) is 54.6 Å². The van der Waals surface area contributed by atoms with Crippen LogP contribution < -0.4 is 10.1 Å². The third-order valence-electron chi connectivity index (χ3n) is 5.14. The molecule has 0 saturated carbocycles. The Morgan fingerprint density at radius 1 is 1.12 bits per heavy atom. The molecule has 4 rings (SSSR count). The Kier molecular flexibility index (Phi) is 3.74. The van der Waals surface area contributed by atoms with Crippen LogP contribution in [-0.4, -0.2) is 7.11 Å². The summed E-state index contributed by atoms with van der Waals surface area (Å²) in [5.74, 6) is 0.970. The molecule has 25 heavy (non-hydrogen) atoms. The van der Waals surface area contributed by atoms with E-state index < -0.39 is 11.7 Å². The van der Waals surface area contributed by atoms with Gasteiger partial charge in [0.1, 0.15) is 5.75 Å². The smallest absolute Gasteiger partial charge is 0.416 e. The van der Waals surface area contributed by atoms with Crippen LogP contribution in [0.4, 0.5) is 18.9 Å². The number of nitrogens with one attached hydrogen (secondary N) is 1. The van der Waals surface area contributed by atoms with Crippen LogP contribution in [0.25, 0.3) is 0 Å². The number of hydrogen-bond acceptors (Lipinski definition) is 2. The molecule has 1 N–H and O–H groups in total. The Balaban J connectivity index is 1.76. The van der Waals surface area contributed by atoms with Crippen molar-refractivity contribution in [1.82, 2.24) is 0 Å². The van der Waals surface area contributed by atoms with Crippen LogP contribution in [0, 0.1) is 5.92 Å². The maximum absolute atomic E-state index is 13.1. The molecule has 0 spiro atoms. The van der Waals surface area contributed by atoms with E-state index in [2.05, 4.69) is 11.4 Å². The lowest BCUT2D eigenvalue weighted by Crippen LogP contribution is -2.29. The zero-order valence-corrected chi connectivity index (χ0v) is 13.7. The van der Waals surface area contributed by atoms with E-state index in [1.807, 2.05) is 30.3 Å². The Morgan fingerprint density at radius 2 is 1.96 bits per heavy atom. The van der Waals surface area contributed by atoms with Crippen molar-refractivity contribution >= 4 is 5.69 Å². The van der Waals surface area contributed by atoms with Gasteiger partial charge >= 0.3 is 6.18 Å². The van der Waals surface area contributed by atoms with Crippen LogP contribution in [0.1, 0.15) is 35.1 Å². The molecule has 0 unspecified atom stereocenters. The molecule has 130 valence electrons. The van der Waals surface area contributed by atoms with Gasteiger partial charge in [0.05, 0.1) is 18.7 Å². The third kappa shape index (κ3) is 2.77. The molecule has 1 aliphatic heterocycles. The first-order chi connectivity index (χ1) is 12.0. The summed E-state index contributed by atoms with van der Waals surface area (Å²) < 4.78 is 44.5. The van der Waals surface area contributed by atoms with Crippen molar-refractivity contribution in [2.75, 3.05) is 12.4 Å². The number of benzene rings is 2. The molecule has 0 fully saturated rings. The molecule has 0 aromatic heterocycles. The topological polar surface area (TPSA) is 21.3 Å². The highest BCUT2D eigenvalue weighted by molar-refractivity contribution is 5.61. The highest BCUT2D eigenvalue weighted by Gasteiger charge is 2.40. The highest BCUT2D eigenvalue weighted by Crippen LogP contribution is 2.50. The highest BCUT2D eigenvalue weighted by atomic mass is 19.4. The summed E-state index contributed by atoms with van der Waals surface area (Å²) in [7, 11) is 1.63. The lowest BCUT2D eigenvalue weighted by molar-refractivity contribution is -0.137. The fourth-order valence-corrected chi connectivity index (χ4v) is 3.94. The molecule has 1 heterocycles. The molecule has 2 nitrogen and oxygen atoms in total. The summed E-state index contributed by atoms with van der Waals surface area (Å²) in [6, 6.07) is 11.9. The van der Waals surface area contributed by atoms with E-state index >= 15 is 0 Å². The normalized spacial score (nSPS) is 24.4. The van der Waals surface area contributed by atoms with Gasteiger partial charge in [-0.15, -0.1) is 0 Å². The number of methoxy groups -OCH3 is 1. The lowest BCUT2D eigenvalue weighted by Gasteiger charge is -2.38. The largest absolute Gasteiger partial charge is 0.497 e. The van der Waals surface area contributed by atoms with Crippen LogP contribution in [0.3, 0.4) is 0 Å². The zero-order chi connectivity index (χ0) is 17.6. The van der Waals surface area contributed by atoms with Crippen LogP contribution in [-0.2, 0) is 6.18 Å². The van der Waals surface area contributed by atoms with Crippen molar-refractivity contribution in [3.8, 4) is 5.75 Å². The summed E-state index contributed by atoms with van der Waals surface area (Å²) in [6.07, 6.45) is 0.628. The zero-order valence-electron chi connectivity index (χ0n) is 13.7. The number of alkyl halides is 3. The molecule has 0 amide bonds. The van der Waals surface area contributed by atoms with E-state index in [0.717, 1.165) is 35.1 Å². The first-order valence-corrected chi connectivity index (χ1v) is 8.25. The number of anilines is 1. The summed E-state index contributed by atoms with van der Waals surface area (Å²) in [6.45, 7) is 0. The van der Waals surface area contributed by atoms with E-state index in [0.29, 0.717) is 0 Å². The second kappa shape index (κ2) is 5.83. The van der Waals surface area contributed by atoms with Gasteiger partial charge in [0.25, 0.3) is 0 Å². The van der Waals surface area contributed by atoms with Gasteiger partial charge in [0, 0.05) is 11.6 Å². The second-order valence-electron chi connectivity index (χ2n) is 6.55. The van der Waals surface area contributed by atoms with E-state index in [4.69, 9.17) is 4.74 Å². The van der Waals surface area contributed by atoms with E-state index in [-0.39, 0.29) is 17.9 Å². The monoisotopic (exact) mass is 345 g/mol. The first kappa shape index (κ1) is 16.1. The molecular weight excluding hydrogens is 327 g/mol. The lowest BCUT2D eigenvalue weighted by atomic mass is 9.76. The number of ether oxygens (including phenoxy) is 1. The third-order valence-corrected chi connectivity index (χ3v) is 5.14. The van der Waals surface area contributed by atoms with Gasteiger partial charge < -0.3 is 10.1 Å². The minimum atomic E-state index is -4.32. The molecule has 2 aromatic rings. The van der Waals surface area contributed by atoms with Gasteiger partial charge in [-0.25, -0.2) is 0 Å². The SMILES string of the molecule is COc1cccc([C@@H]2Nc3ccc(C(F)(F)F)cc3[C@H]3C=CC[C@H]32)c1. The average Bonchev–Trinajstić information content (AvgIpc) is 3.10. The number of rotatable bonds is 2. The predicted octanol–water partition coefficient (Wildman–Crippen LogP) is 5.54. The minimum Gasteiger partial charge on any atom is -0.497 e. The van der Waals surface area contributed by atoms with Crippen LogP contribution in [0.5, 0.6) is 5.75 Å². The van der Waals surface area contributed by atoms with Gasteiger partial charge in [-0.1, -0.05) is 24.3 Å². The predicted molar refractivity (Wildman–Crippen MR) is 90.8 cm³/mol. The minimum absolute atomic E-state index is 0.00486. The summed E-state index contributed by atoms with van der Waals surface area (Å²) in [5.41, 5.74) is 2.00. The second-order valence-corrected chi connectivity index (χ2v) is 6.55. The van der Waals surface area contributed by atoms with Crippen molar-refractivity contribution in [3.05, 3.63) is 71.3 Å². The molecule has 2 aromatic carbocycles. The molecule has 2 aliphatic rings. The summed E-state index contributed by atoms with van der Waals surface area (Å²) in [4.78, 5) is 0. The van der Waals surface area contributed by atoms with E-state index in [1.165, 1.54) is 6.07 Å². The number of hydrogen-bond donors (Lipinski definition) is 1. The molecule has 0 bridgehead atoms. The Labute approximate surface area is 144 Å². The van der Waals surface area contributed by atoms with Crippen LogP contribution in [0.2, 0.25) is 0 Å². The van der Waals surface area contributed by atoms with Crippen LogP contribution >= 0.6 is 0 Å². The van der Waals surface area contributed by atoms with Gasteiger partial charge in [-0.2, -0.15) is 13.2 Å². The summed E-state index contributed by atoms with van der Waals surface area (Å²) >= 11 is 0. The van der Waals surface area contributed by atoms with Crippen molar-refractivity contribution in [1.29, 1.82) is 0 Å². The molecule has 1 aliphatic carbocycles. The Morgan fingerprint density at radius 3 is 2.72 bits per heavy atom. The van der Waals surface area contributed by atoms with Gasteiger partial charge in [-0.3, -0.25) is 0 Å². The number of allylic oxidation sites excluding steroid dienone is 2. The number of halogens is 3. The number of fused-ring (bicyclic) bond motifs is 3. The fourth-order valence-electron chi connectivity index (χ4n) is 3.94. The van der Waals surface area contributed by atoms with Gasteiger partial charge in [0.15, 0.2) is 0 Å². The standard InChI is InChI=1S/C20H18F3NO/c1-25-14-5-2-4-12(10-14)19-16-7-3-6-15(16)17-11-13(20(21,22)23)8-9-18(17)24-19/h2-6,8-11,15-16,19,24H,7H2,1H3/t15-,16+,19-/m0/s1. The van der Waals surface area contributed by atoms with E-state index in [9.17, 15) is 13.2 Å². The molecule has 3 atom stereocenters. The Hall–Kier alpha value is -2.43. The fraction of sp³-hybridized carbons (Fsp3) is 0.300. The maximum atomic E-state index is 13.1. The average molecular weight is 345 g/mol. The molecule has 0 radical (unpaired) electrons. The Bertz CT molecular complexity index is 828. The van der Waals surface area contributed by atoms with Crippen molar-refractivity contribution in [2.24, 2.45) is 5.92 Å². The van der Waals surface area contributed by atoms with Crippen molar-refractivity contribution in [3.63, 3.8) is 0 Å². The van der Waals surface area contributed by atoms with Gasteiger partial charge in [-0.05, 0) is 53.8 Å². The quantitative estimate of drug-likeness (QED) is 0.722. The molecule has 5 heteroatoms. The summed E-state index contributed by atoms with van der Waals surface area (Å²) in [5, 5.41) is 3.45. The molecular formula is C20H18F3NO. The maximum Gasteiger partial charge on any atom is 0.416 e. The van der Waals surface area contributed by atoms with Crippen molar-refractivity contribution in [2.45, 2.75) is 24.6 Å². The van der Waals surface area contributed by atoms with Crippen molar-refractivity contribution < 1.29 is 17.9 Å².